The molecule has 0 aliphatic rings. The molecule has 2 aromatic carbocycles. The lowest BCUT2D eigenvalue weighted by atomic mass is 10.2. The van der Waals surface area contributed by atoms with E-state index in [1.54, 1.807) is 7.11 Å². The molecule has 0 bridgehead atoms. The Balaban J connectivity index is 1.63. The number of quaternary nitrogens is 1. The molecule has 0 saturated carbocycles. The van der Waals surface area contributed by atoms with E-state index < -0.39 is 0 Å². The van der Waals surface area contributed by atoms with Crippen molar-refractivity contribution < 1.29 is 19.2 Å². The lowest BCUT2D eigenvalue weighted by Crippen LogP contribution is -3.10. The quantitative estimate of drug-likeness (QED) is 0.684. The molecule has 2 N–H and O–H groups in total. The van der Waals surface area contributed by atoms with Crippen LogP contribution in [0.5, 0.6) is 11.5 Å². The average molecular weight is 343 g/mol. The molecule has 1 atom stereocenters. The SMILES string of the molecule is COc1ccc(OCCC[NH+](C)CC(=O)Nc2ccc(C)cc2)cc1. The molecule has 0 saturated heterocycles. The number of ether oxygens (including phenoxy) is 2. The fourth-order valence-corrected chi connectivity index (χ4v) is 2.44. The van der Waals surface area contributed by atoms with Crippen LogP contribution >= 0.6 is 0 Å². The molecule has 0 aliphatic carbocycles. The van der Waals surface area contributed by atoms with Gasteiger partial charge in [0.05, 0.1) is 27.3 Å². The van der Waals surface area contributed by atoms with Crippen LogP contribution < -0.4 is 19.7 Å². The van der Waals surface area contributed by atoms with Gasteiger partial charge in [-0.1, -0.05) is 17.7 Å². The van der Waals surface area contributed by atoms with Crippen LogP contribution in [0.3, 0.4) is 0 Å². The minimum Gasteiger partial charge on any atom is -0.497 e. The number of amides is 1. The average Bonchev–Trinajstić information content (AvgIpc) is 2.61. The van der Waals surface area contributed by atoms with Crippen LogP contribution in [0.4, 0.5) is 5.69 Å². The Bertz CT molecular complexity index is 654. The van der Waals surface area contributed by atoms with Crippen molar-refractivity contribution in [2.75, 3.05) is 39.2 Å². The second-order valence-electron chi connectivity index (χ2n) is 6.18. The first kappa shape index (κ1) is 18.8. The van der Waals surface area contributed by atoms with Crippen LogP contribution in [0, 0.1) is 6.92 Å². The van der Waals surface area contributed by atoms with Crippen molar-refractivity contribution in [1.29, 1.82) is 0 Å². The van der Waals surface area contributed by atoms with Gasteiger partial charge in [-0.3, -0.25) is 4.79 Å². The molecule has 1 amide bonds. The van der Waals surface area contributed by atoms with Crippen LogP contribution in [0.15, 0.2) is 48.5 Å². The molecular formula is C20H27N2O3+. The Morgan fingerprint density at radius 3 is 2.32 bits per heavy atom. The van der Waals surface area contributed by atoms with E-state index in [0.717, 1.165) is 35.1 Å². The molecule has 0 radical (unpaired) electrons. The van der Waals surface area contributed by atoms with Crippen molar-refractivity contribution in [2.24, 2.45) is 0 Å². The summed E-state index contributed by atoms with van der Waals surface area (Å²) >= 11 is 0. The summed E-state index contributed by atoms with van der Waals surface area (Å²) in [7, 11) is 3.66. The van der Waals surface area contributed by atoms with E-state index >= 15 is 0 Å². The van der Waals surface area contributed by atoms with Gasteiger partial charge in [0.25, 0.3) is 5.91 Å². The van der Waals surface area contributed by atoms with Crippen molar-refractivity contribution in [3.05, 3.63) is 54.1 Å². The third-order valence-electron chi connectivity index (χ3n) is 3.87. The maximum atomic E-state index is 12.0. The number of aryl methyl sites for hydroxylation is 1. The first-order valence-corrected chi connectivity index (χ1v) is 8.51. The highest BCUT2D eigenvalue weighted by atomic mass is 16.5. The van der Waals surface area contributed by atoms with E-state index in [2.05, 4.69) is 5.32 Å². The summed E-state index contributed by atoms with van der Waals surface area (Å²) in [6.07, 6.45) is 0.885. The topological polar surface area (TPSA) is 52.0 Å². The molecule has 0 aromatic heterocycles. The molecule has 0 aliphatic heterocycles. The Labute approximate surface area is 149 Å². The molecule has 0 spiro atoms. The highest BCUT2D eigenvalue weighted by Crippen LogP contribution is 2.16. The Kier molecular flexibility index (Phi) is 7.29. The summed E-state index contributed by atoms with van der Waals surface area (Å²) in [5, 5.41) is 2.92. The third-order valence-corrected chi connectivity index (χ3v) is 3.87. The summed E-state index contributed by atoms with van der Waals surface area (Å²) in [5.41, 5.74) is 2.02. The van der Waals surface area contributed by atoms with Gasteiger partial charge in [-0.25, -0.2) is 0 Å². The second-order valence-corrected chi connectivity index (χ2v) is 6.18. The number of hydrogen-bond acceptors (Lipinski definition) is 3. The molecule has 25 heavy (non-hydrogen) atoms. The van der Waals surface area contributed by atoms with E-state index in [0.29, 0.717) is 13.2 Å². The molecule has 0 heterocycles. The van der Waals surface area contributed by atoms with E-state index in [4.69, 9.17) is 9.47 Å². The second kappa shape index (κ2) is 9.69. The summed E-state index contributed by atoms with van der Waals surface area (Å²) in [6.45, 7) is 3.97. The lowest BCUT2D eigenvalue weighted by molar-refractivity contribution is -0.871. The zero-order chi connectivity index (χ0) is 18.1. The van der Waals surface area contributed by atoms with Gasteiger partial charge in [-0.05, 0) is 43.3 Å². The van der Waals surface area contributed by atoms with Crippen molar-refractivity contribution in [3.8, 4) is 11.5 Å². The van der Waals surface area contributed by atoms with Crippen LogP contribution in [-0.2, 0) is 4.79 Å². The largest absolute Gasteiger partial charge is 0.497 e. The molecule has 2 rings (SSSR count). The fraction of sp³-hybridized carbons (Fsp3) is 0.350. The van der Waals surface area contributed by atoms with Crippen molar-refractivity contribution in [2.45, 2.75) is 13.3 Å². The van der Waals surface area contributed by atoms with Crippen LogP contribution in [0.2, 0.25) is 0 Å². The first-order valence-electron chi connectivity index (χ1n) is 8.51. The molecule has 5 heteroatoms. The standard InChI is InChI=1S/C20H26N2O3/c1-16-5-7-17(8-6-16)21-20(23)15-22(2)13-4-14-25-19-11-9-18(24-3)10-12-19/h5-12H,4,13-15H2,1-3H3,(H,21,23)/p+1. The van der Waals surface area contributed by atoms with Gasteiger partial charge < -0.3 is 19.7 Å². The van der Waals surface area contributed by atoms with Gasteiger partial charge in [0.15, 0.2) is 6.54 Å². The molecule has 134 valence electrons. The zero-order valence-corrected chi connectivity index (χ0v) is 15.2. The predicted octanol–water partition coefficient (Wildman–Crippen LogP) is 1.93. The van der Waals surface area contributed by atoms with Gasteiger partial charge in [0.1, 0.15) is 11.5 Å². The molecule has 5 nitrogen and oxygen atoms in total. The Morgan fingerprint density at radius 1 is 1.04 bits per heavy atom. The number of carbonyl (C=O) groups excluding carboxylic acids is 1. The van der Waals surface area contributed by atoms with Gasteiger partial charge in [-0.15, -0.1) is 0 Å². The van der Waals surface area contributed by atoms with Crippen molar-refractivity contribution >= 4 is 11.6 Å². The van der Waals surface area contributed by atoms with E-state index in [-0.39, 0.29) is 5.91 Å². The summed E-state index contributed by atoms with van der Waals surface area (Å²) < 4.78 is 10.8. The van der Waals surface area contributed by atoms with E-state index in [9.17, 15) is 4.79 Å². The normalized spacial score (nSPS) is 11.6. The molecule has 0 fully saturated rings. The smallest absolute Gasteiger partial charge is 0.279 e. The maximum Gasteiger partial charge on any atom is 0.279 e. The monoisotopic (exact) mass is 343 g/mol. The minimum atomic E-state index is 0.0254. The Hall–Kier alpha value is -2.53. The van der Waals surface area contributed by atoms with Gasteiger partial charge in [-0.2, -0.15) is 0 Å². The zero-order valence-electron chi connectivity index (χ0n) is 15.2. The number of methoxy groups -OCH3 is 1. The Morgan fingerprint density at radius 2 is 1.68 bits per heavy atom. The number of nitrogens with one attached hydrogen (secondary N) is 2. The van der Waals surface area contributed by atoms with Crippen LogP contribution in [-0.4, -0.2) is 39.8 Å². The summed E-state index contributed by atoms with van der Waals surface area (Å²) in [4.78, 5) is 13.2. The number of benzene rings is 2. The minimum absolute atomic E-state index is 0.0254. The molecule has 1 unspecified atom stereocenters. The number of carbonyl (C=O) groups is 1. The lowest BCUT2D eigenvalue weighted by Gasteiger charge is -2.14. The van der Waals surface area contributed by atoms with Gasteiger partial charge >= 0.3 is 0 Å². The number of rotatable bonds is 9. The van der Waals surface area contributed by atoms with Crippen LogP contribution in [0.1, 0.15) is 12.0 Å². The maximum absolute atomic E-state index is 12.0. The number of hydrogen-bond donors (Lipinski definition) is 2. The fourth-order valence-electron chi connectivity index (χ4n) is 2.44. The van der Waals surface area contributed by atoms with E-state index in [1.165, 1.54) is 5.56 Å². The predicted molar refractivity (Wildman–Crippen MR) is 99.5 cm³/mol. The van der Waals surface area contributed by atoms with E-state index in [1.807, 2.05) is 62.5 Å². The summed E-state index contributed by atoms with van der Waals surface area (Å²) in [5.74, 6) is 1.67. The van der Waals surface area contributed by atoms with Crippen molar-refractivity contribution in [3.63, 3.8) is 0 Å². The first-order chi connectivity index (χ1) is 12.1. The summed E-state index contributed by atoms with van der Waals surface area (Å²) in [6, 6.07) is 15.4. The van der Waals surface area contributed by atoms with Crippen molar-refractivity contribution in [1.82, 2.24) is 0 Å². The molecular weight excluding hydrogens is 316 g/mol. The highest BCUT2D eigenvalue weighted by molar-refractivity contribution is 5.91. The molecule has 2 aromatic rings. The number of anilines is 1. The third kappa shape index (κ3) is 6.85. The highest BCUT2D eigenvalue weighted by Gasteiger charge is 2.10. The van der Waals surface area contributed by atoms with Crippen LogP contribution in [0.25, 0.3) is 0 Å². The van der Waals surface area contributed by atoms with Gasteiger partial charge in [0.2, 0.25) is 0 Å². The van der Waals surface area contributed by atoms with Gasteiger partial charge in [0, 0.05) is 12.1 Å². The number of likely N-dealkylation sites (N-methyl/N-ethyl adjacent to an activating group) is 1.